The Morgan fingerprint density at radius 1 is 1.30 bits per heavy atom. The molecule has 1 aromatic rings. The molecule has 1 rings (SSSR count). The van der Waals surface area contributed by atoms with Crippen molar-refractivity contribution in [2.24, 2.45) is 12.0 Å². The van der Waals surface area contributed by atoms with Gasteiger partial charge in [-0.1, -0.05) is 13.3 Å². The Kier molecular flexibility index (Phi) is 10.5. The number of nitrogens with one attached hydrogen (secondary N) is 2. The number of halogens is 1. The van der Waals surface area contributed by atoms with Gasteiger partial charge in [-0.25, -0.2) is 4.99 Å². The highest BCUT2D eigenvalue weighted by atomic mass is 127. The summed E-state index contributed by atoms with van der Waals surface area (Å²) in [6, 6.07) is 0. The van der Waals surface area contributed by atoms with Gasteiger partial charge in [0, 0.05) is 27.7 Å². The second kappa shape index (κ2) is 11.2. The van der Waals surface area contributed by atoms with Crippen molar-refractivity contribution in [3.63, 3.8) is 0 Å². The number of rotatable bonds is 7. The Morgan fingerprint density at radius 2 is 2.00 bits per heavy atom. The SMILES string of the molecule is CCCCNC(=NCc1nnc(C)n1C)NCC(=O)N(C)C.I. The van der Waals surface area contributed by atoms with Crippen LogP contribution in [0.15, 0.2) is 4.99 Å². The predicted octanol–water partition coefficient (Wildman–Crippen LogP) is 0.665. The summed E-state index contributed by atoms with van der Waals surface area (Å²) >= 11 is 0. The van der Waals surface area contributed by atoms with Crippen molar-refractivity contribution in [2.45, 2.75) is 33.2 Å². The van der Waals surface area contributed by atoms with Gasteiger partial charge in [0.25, 0.3) is 0 Å². The van der Waals surface area contributed by atoms with Crippen LogP contribution in [0.2, 0.25) is 0 Å². The van der Waals surface area contributed by atoms with Crippen LogP contribution in [0.25, 0.3) is 0 Å². The molecular weight excluding hydrogens is 409 g/mol. The molecule has 0 fully saturated rings. The summed E-state index contributed by atoms with van der Waals surface area (Å²) in [6.45, 7) is 5.46. The molecule has 0 saturated heterocycles. The first kappa shape index (κ1) is 21.6. The van der Waals surface area contributed by atoms with E-state index >= 15 is 0 Å². The van der Waals surface area contributed by atoms with Crippen molar-refractivity contribution >= 4 is 35.8 Å². The zero-order valence-electron chi connectivity index (χ0n) is 14.6. The van der Waals surface area contributed by atoms with Crippen LogP contribution in [0.4, 0.5) is 0 Å². The summed E-state index contributed by atoms with van der Waals surface area (Å²) in [5.74, 6) is 2.25. The second-order valence-electron chi connectivity index (χ2n) is 5.31. The lowest BCUT2D eigenvalue weighted by molar-refractivity contribution is -0.127. The largest absolute Gasteiger partial charge is 0.356 e. The molecular formula is C14H28IN7O. The Morgan fingerprint density at radius 3 is 2.52 bits per heavy atom. The van der Waals surface area contributed by atoms with Crippen LogP contribution < -0.4 is 10.6 Å². The Hall–Kier alpha value is -1.39. The Bertz CT molecular complexity index is 513. The molecule has 0 atom stereocenters. The third-order valence-electron chi connectivity index (χ3n) is 3.29. The van der Waals surface area contributed by atoms with Gasteiger partial charge in [-0.15, -0.1) is 34.2 Å². The molecule has 0 aromatic carbocycles. The van der Waals surface area contributed by atoms with Gasteiger partial charge in [-0.2, -0.15) is 0 Å². The molecule has 8 nitrogen and oxygen atoms in total. The smallest absolute Gasteiger partial charge is 0.241 e. The van der Waals surface area contributed by atoms with Crippen molar-refractivity contribution in [2.75, 3.05) is 27.2 Å². The molecule has 0 spiro atoms. The van der Waals surface area contributed by atoms with Crippen LogP contribution in [0, 0.1) is 6.92 Å². The molecule has 23 heavy (non-hydrogen) atoms. The molecule has 1 aromatic heterocycles. The zero-order chi connectivity index (χ0) is 16.5. The van der Waals surface area contributed by atoms with E-state index in [-0.39, 0.29) is 36.4 Å². The van der Waals surface area contributed by atoms with Crippen molar-refractivity contribution in [1.29, 1.82) is 0 Å². The first-order valence-corrected chi connectivity index (χ1v) is 7.52. The maximum atomic E-state index is 11.7. The van der Waals surface area contributed by atoms with E-state index in [1.165, 1.54) is 0 Å². The summed E-state index contributed by atoms with van der Waals surface area (Å²) in [5, 5.41) is 14.4. The quantitative estimate of drug-likeness (QED) is 0.283. The predicted molar refractivity (Wildman–Crippen MR) is 102 cm³/mol. The number of hydrogen-bond acceptors (Lipinski definition) is 4. The molecule has 0 aliphatic rings. The normalized spacial score (nSPS) is 10.9. The fourth-order valence-electron chi connectivity index (χ4n) is 1.61. The number of carbonyl (C=O) groups is 1. The minimum Gasteiger partial charge on any atom is -0.356 e. The summed E-state index contributed by atoms with van der Waals surface area (Å²) in [6.07, 6.45) is 2.14. The molecule has 1 amide bonds. The van der Waals surface area contributed by atoms with Gasteiger partial charge < -0.3 is 20.1 Å². The lowest BCUT2D eigenvalue weighted by Gasteiger charge is -2.14. The number of aryl methyl sites for hydroxylation is 1. The van der Waals surface area contributed by atoms with E-state index in [1.54, 1.807) is 19.0 Å². The highest BCUT2D eigenvalue weighted by Crippen LogP contribution is 1.99. The minimum atomic E-state index is -0.000468. The zero-order valence-corrected chi connectivity index (χ0v) is 16.9. The monoisotopic (exact) mass is 437 g/mol. The van der Waals surface area contributed by atoms with E-state index < -0.39 is 0 Å². The number of carbonyl (C=O) groups excluding carboxylic acids is 1. The Balaban J connectivity index is 0.00000484. The minimum absolute atomic E-state index is 0. The molecule has 1 heterocycles. The fourth-order valence-corrected chi connectivity index (χ4v) is 1.61. The highest BCUT2D eigenvalue weighted by molar-refractivity contribution is 14.0. The highest BCUT2D eigenvalue weighted by Gasteiger charge is 2.07. The summed E-state index contributed by atoms with van der Waals surface area (Å²) < 4.78 is 1.90. The summed E-state index contributed by atoms with van der Waals surface area (Å²) in [4.78, 5) is 17.7. The molecule has 0 bridgehead atoms. The molecule has 0 aliphatic heterocycles. The van der Waals surface area contributed by atoms with Crippen LogP contribution >= 0.6 is 24.0 Å². The van der Waals surface area contributed by atoms with Crippen molar-refractivity contribution in [1.82, 2.24) is 30.3 Å². The maximum Gasteiger partial charge on any atom is 0.241 e. The number of amides is 1. The topological polar surface area (TPSA) is 87.4 Å². The van der Waals surface area contributed by atoms with Gasteiger partial charge in [-0.05, 0) is 13.3 Å². The van der Waals surface area contributed by atoms with E-state index in [1.807, 2.05) is 18.5 Å². The second-order valence-corrected chi connectivity index (χ2v) is 5.31. The number of aliphatic imine (C=N–C) groups is 1. The molecule has 9 heteroatoms. The van der Waals surface area contributed by atoms with Crippen LogP contribution in [0.1, 0.15) is 31.4 Å². The number of nitrogens with zero attached hydrogens (tertiary/aromatic N) is 5. The third-order valence-corrected chi connectivity index (χ3v) is 3.29. The van der Waals surface area contributed by atoms with E-state index in [2.05, 4.69) is 32.7 Å². The van der Waals surface area contributed by atoms with E-state index in [4.69, 9.17) is 0 Å². The fraction of sp³-hybridized carbons (Fsp3) is 0.714. The van der Waals surface area contributed by atoms with Gasteiger partial charge in [-0.3, -0.25) is 4.79 Å². The third kappa shape index (κ3) is 7.62. The van der Waals surface area contributed by atoms with Crippen molar-refractivity contribution in [3.05, 3.63) is 11.6 Å². The maximum absolute atomic E-state index is 11.7. The molecule has 132 valence electrons. The van der Waals surface area contributed by atoms with E-state index in [0.717, 1.165) is 31.0 Å². The van der Waals surface area contributed by atoms with Crippen LogP contribution in [0.3, 0.4) is 0 Å². The molecule has 0 saturated carbocycles. The van der Waals surface area contributed by atoms with E-state index in [9.17, 15) is 4.79 Å². The number of unbranched alkanes of at least 4 members (excludes halogenated alkanes) is 1. The van der Waals surface area contributed by atoms with Gasteiger partial charge in [0.1, 0.15) is 12.4 Å². The number of aromatic nitrogens is 3. The number of likely N-dealkylation sites (N-methyl/N-ethyl adjacent to an activating group) is 1. The molecule has 0 aliphatic carbocycles. The first-order valence-electron chi connectivity index (χ1n) is 7.52. The average molecular weight is 437 g/mol. The molecule has 2 N–H and O–H groups in total. The first-order chi connectivity index (χ1) is 10.5. The lowest BCUT2D eigenvalue weighted by Crippen LogP contribution is -2.43. The van der Waals surface area contributed by atoms with Gasteiger partial charge in [0.05, 0.1) is 6.54 Å². The van der Waals surface area contributed by atoms with Crippen LogP contribution in [-0.2, 0) is 18.4 Å². The molecule has 0 radical (unpaired) electrons. The summed E-state index contributed by atoms with van der Waals surface area (Å²) in [7, 11) is 5.37. The van der Waals surface area contributed by atoms with E-state index in [0.29, 0.717) is 12.5 Å². The van der Waals surface area contributed by atoms with Crippen LogP contribution in [-0.4, -0.2) is 58.7 Å². The van der Waals surface area contributed by atoms with Gasteiger partial charge in [0.2, 0.25) is 5.91 Å². The van der Waals surface area contributed by atoms with Gasteiger partial charge in [0.15, 0.2) is 11.8 Å². The average Bonchev–Trinajstić information content (AvgIpc) is 2.80. The standard InChI is InChI=1S/C14H27N7O.HI/c1-6-7-8-15-14(17-10-13(22)20(3)4)16-9-12-19-18-11(2)21(12)5;/h6-10H2,1-5H3,(H2,15,16,17);1H. The van der Waals surface area contributed by atoms with Gasteiger partial charge >= 0.3 is 0 Å². The van der Waals surface area contributed by atoms with Crippen molar-refractivity contribution < 1.29 is 4.79 Å². The Labute approximate surface area is 155 Å². The number of hydrogen-bond donors (Lipinski definition) is 2. The molecule has 0 unspecified atom stereocenters. The summed E-state index contributed by atoms with van der Waals surface area (Å²) in [5.41, 5.74) is 0. The van der Waals surface area contributed by atoms with Crippen molar-refractivity contribution in [3.8, 4) is 0 Å². The number of guanidine groups is 1. The van der Waals surface area contributed by atoms with Crippen LogP contribution in [0.5, 0.6) is 0 Å². The lowest BCUT2D eigenvalue weighted by atomic mass is 10.3.